The Balaban J connectivity index is 2.65. The Bertz CT molecular complexity index is 347. The standard InChI is InChI=1S/C9H16ClN5O/c1-5(2)7(16)4-12-8-6(10)3-13-9(14-8)15-11/h3,5,7,16H,4,11H2,1-2H3,(H2,12,13,14,15). The molecule has 0 spiro atoms. The summed E-state index contributed by atoms with van der Waals surface area (Å²) in [6.45, 7) is 4.24. The van der Waals surface area contributed by atoms with E-state index in [1.165, 1.54) is 6.20 Å². The SMILES string of the molecule is CC(C)C(O)CNc1nc(NN)ncc1Cl. The zero-order valence-corrected chi connectivity index (χ0v) is 9.99. The van der Waals surface area contributed by atoms with Crippen LogP contribution in [0, 0.1) is 5.92 Å². The molecule has 1 rings (SSSR count). The fourth-order valence-corrected chi connectivity index (χ4v) is 1.16. The summed E-state index contributed by atoms with van der Waals surface area (Å²) in [6, 6.07) is 0. The Morgan fingerprint density at radius 2 is 2.25 bits per heavy atom. The van der Waals surface area contributed by atoms with Gasteiger partial charge in [-0.1, -0.05) is 25.4 Å². The third kappa shape index (κ3) is 3.48. The molecule has 0 saturated carbocycles. The van der Waals surface area contributed by atoms with Crippen LogP contribution in [0.4, 0.5) is 11.8 Å². The van der Waals surface area contributed by atoms with Crippen LogP contribution in [-0.2, 0) is 0 Å². The molecule has 0 aliphatic rings. The van der Waals surface area contributed by atoms with Crippen LogP contribution in [-0.4, -0.2) is 27.7 Å². The van der Waals surface area contributed by atoms with Gasteiger partial charge in [-0.15, -0.1) is 0 Å². The van der Waals surface area contributed by atoms with Gasteiger partial charge in [0, 0.05) is 6.54 Å². The average molecular weight is 246 g/mol. The maximum atomic E-state index is 9.62. The number of anilines is 2. The van der Waals surface area contributed by atoms with Crippen molar-refractivity contribution in [2.24, 2.45) is 11.8 Å². The van der Waals surface area contributed by atoms with Gasteiger partial charge in [-0.05, 0) is 5.92 Å². The lowest BCUT2D eigenvalue weighted by Gasteiger charge is -2.16. The molecule has 0 bridgehead atoms. The number of hydrazine groups is 1. The smallest absolute Gasteiger partial charge is 0.239 e. The fourth-order valence-electron chi connectivity index (χ4n) is 0.998. The van der Waals surface area contributed by atoms with E-state index in [0.29, 0.717) is 17.4 Å². The van der Waals surface area contributed by atoms with Crippen LogP contribution in [0.25, 0.3) is 0 Å². The molecule has 0 aliphatic heterocycles. The lowest BCUT2D eigenvalue weighted by Crippen LogP contribution is -2.25. The molecular formula is C9H16ClN5O. The first kappa shape index (κ1) is 13.0. The minimum atomic E-state index is -0.458. The molecule has 1 aromatic rings. The van der Waals surface area contributed by atoms with Crippen molar-refractivity contribution in [3.63, 3.8) is 0 Å². The van der Waals surface area contributed by atoms with Gasteiger partial charge >= 0.3 is 0 Å². The number of nitrogens with zero attached hydrogens (tertiary/aromatic N) is 2. The van der Waals surface area contributed by atoms with Gasteiger partial charge in [0.05, 0.1) is 12.3 Å². The number of hydrogen-bond donors (Lipinski definition) is 4. The second-order valence-electron chi connectivity index (χ2n) is 3.73. The zero-order chi connectivity index (χ0) is 12.1. The van der Waals surface area contributed by atoms with E-state index in [1.807, 2.05) is 13.8 Å². The van der Waals surface area contributed by atoms with E-state index in [0.717, 1.165) is 0 Å². The highest BCUT2D eigenvalue weighted by molar-refractivity contribution is 6.32. The molecule has 7 heteroatoms. The van der Waals surface area contributed by atoms with E-state index in [9.17, 15) is 5.11 Å². The molecule has 1 atom stereocenters. The second-order valence-corrected chi connectivity index (χ2v) is 4.13. The molecule has 90 valence electrons. The number of aliphatic hydroxyl groups is 1. The van der Waals surface area contributed by atoms with Crippen molar-refractivity contribution in [1.82, 2.24) is 9.97 Å². The third-order valence-corrected chi connectivity index (χ3v) is 2.40. The van der Waals surface area contributed by atoms with Gasteiger partial charge in [-0.2, -0.15) is 4.98 Å². The fraction of sp³-hybridized carbons (Fsp3) is 0.556. The molecule has 1 aromatic heterocycles. The van der Waals surface area contributed by atoms with Crippen LogP contribution in [0.3, 0.4) is 0 Å². The van der Waals surface area contributed by atoms with Crippen molar-refractivity contribution >= 4 is 23.4 Å². The first-order valence-electron chi connectivity index (χ1n) is 4.95. The zero-order valence-electron chi connectivity index (χ0n) is 9.24. The largest absolute Gasteiger partial charge is 0.391 e. The van der Waals surface area contributed by atoms with Gasteiger partial charge in [0.25, 0.3) is 0 Å². The van der Waals surface area contributed by atoms with Crippen molar-refractivity contribution in [2.75, 3.05) is 17.3 Å². The predicted octanol–water partition coefficient (Wildman–Crippen LogP) is 0.844. The number of aliphatic hydroxyl groups excluding tert-OH is 1. The van der Waals surface area contributed by atoms with Gasteiger partial charge in [0.1, 0.15) is 5.02 Å². The summed E-state index contributed by atoms with van der Waals surface area (Å²) in [5.74, 6) is 6.06. The van der Waals surface area contributed by atoms with E-state index in [2.05, 4.69) is 20.7 Å². The predicted molar refractivity (Wildman–Crippen MR) is 64.2 cm³/mol. The van der Waals surface area contributed by atoms with Gasteiger partial charge in [-0.25, -0.2) is 10.8 Å². The van der Waals surface area contributed by atoms with Crippen LogP contribution in [0.2, 0.25) is 5.02 Å². The molecule has 0 radical (unpaired) electrons. The van der Waals surface area contributed by atoms with E-state index < -0.39 is 6.10 Å². The number of hydrogen-bond acceptors (Lipinski definition) is 6. The highest BCUT2D eigenvalue weighted by Gasteiger charge is 2.10. The normalized spacial score (nSPS) is 12.6. The van der Waals surface area contributed by atoms with Crippen molar-refractivity contribution in [3.05, 3.63) is 11.2 Å². The Labute approximate surface area is 99.2 Å². The molecular weight excluding hydrogens is 230 g/mol. The first-order valence-corrected chi connectivity index (χ1v) is 5.33. The molecule has 0 aliphatic carbocycles. The lowest BCUT2D eigenvalue weighted by molar-refractivity contribution is 0.138. The molecule has 1 heterocycles. The number of aromatic nitrogens is 2. The molecule has 0 saturated heterocycles. The van der Waals surface area contributed by atoms with Crippen molar-refractivity contribution in [3.8, 4) is 0 Å². The summed E-state index contributed by atoms with van der Waals surface area (Å²) in [7, 11) is 0. The molecule has 5 N–H and O–H groups in total. The molecule has 6 nitrogen and oxygen atoms in total. The first-order chi connectivity index (χ1) is 7.54. The average Bonchev–Trinajstić information content (AvgIpc) is 2.27. The minimum absolute atomic E-state index is 0.167. The minimum Gasteiger partial charge on any atom is -0.391 e. The maximum Gasteiger partial charge on any atom is 0.239 e. The number of halogens is 1. The summed E-state index contributed by atoms with van der Waals surface area (Å²) in [5, 5.41) is 12.9. The van der Waals surface area contributed by atoms with E-state index in [1.54, 1.807) is 0 Å². The molecule has 0 amide bonds. The maximum absolute atomic E-state index is 9.62. The van der Waals surface area contributed by atoms with Gasteiger partial charge in [0.15, 0.2) is 5.82 Å². The van der Waals surface area contributed by atoms with Crippen LogP contribution in [0.15, 0.2) is 6.20 Å². The van der Waals surface area contributed by atoms with Crippen LogP contribution >= 0.6 is 11.6 Å². The quantitative estimate of drug-likeness (QED) is 0.454. The van der Waals surface area contributed by atoms with Crippen molar-refractivity contribution < 1.29 is 5.11 Å². The lowest BCUT2D eigenvalue weighted by atomic mass is 10.1. The molecule has 0 fully saturated rings. The van der Waals surface area contributed by atoms with Gasteiger partial charge in [-0.3, -0.25) is 5.43 Å². The Kier molecular flexibility index (Phi) is 4.72. The Hall–Kier alpha value is -1.11. The summed E-state index contributed by atoms with van der Waals surface area (Å²) >= 11 is 5.88. The van der Waals surface area contributed by atoms with E-state index >= 15 is 0 Å². The third-order valence-electron chi connectivity index (χ3n) is 2.12. The van der Waals surface area contributed by atoms with Crippen molar-refractivity contribution in [2.45, 2.75) is 20.0 Å². The van der Waals surface area contributed by atoms with Crippen LogP contribution in [0.1, 0.15) is 13.8 Å². The monoisotopic (exact) mass is 245 g/mol. The van der Waals surface area contributed by atoms with Crippen LogP contribution < -0.4 is 16.6 Å². The molecule has 0 aromatic carbocycles. The topological polar surface area (TPSA) is 96.1 Å². The van der Waals surface area contributed by atoms with Gasteiger partial charge in [0.2, 0.25) is 5.95 Å². The van der Waals surface area contributed by atoms with Crippen molar-refractivity contribution in [1.29, 1.82) is 0 Å². The molecule has 1 unspecified atom stereocenters. The second kappa shape index (κ2) is 5.83. The van der Waals surface area contributed by atoms with E-state index in [4.69, 9.17) is 17.4 Å². The Morgan fingerprint density at radius 3 is 2.81 bits per heavy atom. The molecule has 16 heavy (non-hydrogen) atoms. The summed E-state index contributed by atoms with van der Waals surface area (Å²) in [6.07, 6.45) is 0.980. The van der Waals surface area contributed by atoms with Crippen LogP contribution in [0.5, 0.6) is 0 Å². The summed E-state index contributed by atoms with van der Waals surface area (Å²) in [4.78, 5) is 7.86. The van der Waals surface area contributed by atoms with Gasteiger partial charge < -0.3 is 10.4 Å². The number of nitrogen functional groups attached to an aromatic ring is 1. The Morgan fingerprint density at radius 1 is 1.56 bits per heavy atom. The number of nitrogens with two attached hydrogens (primary N) is 1. The highest BCUT2D eigenvalue weighted by atomic mass is 35.5. The summed E-state index contributed by atoms with van der Waals surface area (Å²) in [5.41, 5.74) is 2.32. The highest BCUT2D eigenvalue weighted by Crippen LogP contribution is 2.19. The summed E-state index contributed by atoms with van der Waals surface area (Å²) < 4.78 is 0. The van der Waals surface area contributed by atoms with E-state index in [-0.39, 0.29) is 11.9 Å². The number of rotatable bonds is 5. The number of nitrogens with one attached hydrogen (secondary N) is 2.